The smallest absolute Gasteiger partial charge is 0.315 e. The highest BCUT2D eigenvalue weighted by Gasteiger charge is 2.24. The molecule has 1 heterocycles. The molecule has 0 spiro atoms. The van der Waals surface area contributed by atoms with Gasteiger partial charge in [-0.1, -0.05) is 42.1 Å². The minimum atomic E-state index is -1.03. The van der Waals surface area contributed by atoms with E-state index in [0.29, 0.717) is 11.5 Å². The summed E-state index contributed by atoms with van der Waals surface area (Å²) in [6.45, 7) is 0. The molecule has 7 heteroatoms. The number of carboxylic acids is 1. The van der Waals surface area contributed by atoms with E-state index in [0.717, 1.165) is 14.6 Å². The third-order valence-electron chi connectivity index (χ3n) is 3.40. The largest absolute Gasteiger partial charge is 0.481 e. The van der Waals surface area contributed by atoms with Gasteiger partial charge in [-0.15, -0.1) is 11.3 Å². The highest BCUT2D eigenvalue weighted by Crippen LogP contribution is 2.31. The molecule has 0 aliphatic rings. The van der Waals surface area contributed by atoms with Gasteiger partial charge in [0.1, 0.15) is 5.75 Å². The molecule has 1 N–H and O–H groups in total. The highest BCUT2D eigenvalue weighted by atomic mass is 32.2. The number of thiazole rings is 1. The summed E-state index contributed by atoms with van der Waals surface area (Å²) in [6, 6.07) is 16.4. The fourth-order valence-corrected chi connectivity index (χ4v) is 4.36. The Labute approximate surface area is 152 Å². The maximum absolute atomic E-state index is 12.3. The molecule has 0 radical (unpaired) electrons. The number of hydrogen-bond acceptors (Lipinski definition) is 6. The molecule has 1 atom stereocenters. The summed E-state index contributed by atoms with van der Waals surface area (Å²) in [5.41, 5.74) is 0.900. The Bertz CT molecular complexity index is 846. The Morgan fingerprint density at radius 1 is 1.12 bits per heavy atom. The van der Waals surface area contributed by atoms with Crippen LogP contribution in [0, 0.1) is 5.92 Å². The number of aromatic nitrogens is 1. The van der Waals surface area contributed by atoms with E-state index < -0.39 is 17.9 Å². The van der Waals surface area contributed by atoms with E-state index in [-0.39, 0.29) is 6.42 Å². The first kappa shape index (κ1) is 17.4. The lowest BCUT2D eigenvalue weighted by Crippen LogP contribution is -2.25. The Balaban J connectivity index is 1.67. The number of carboxylic acid groups (broad SMARTS) is 1. The van der Waals surface area contributed by atoms with Gasteiger partial charge < -0.3 is 9.84 Å². The number of nitrogens with zero attached hydrogens (tertiary/aromatic N) is 1. The number of rotatable bonds is 7. The number of carbonyl (C=O) groups is 2. The number of esters is 1. The zero-order valence-corrected chi connectivity index (χ0v) is 14.8. The number of para-hydroxylation sites is 2. The van der Waals surface area contributed by atoms with Crippen LogP contribution in [-0.2, 0) is 9.59 Å². The monoisotopic (exact) mass is 373 g/mol. The number of hydrogen-bond donors (Lipinski definition) is 1. The number of carbonyl (C=O) groups excluding carboxylic acids is 1. The summed E-state index contributed by atoms with van der Waals surface area (Å²) in [5, 5.41) is 9.08. The van der Waals surface area contributed by atoms with Crippen molar-refractivity contribution in [2.75, 3.05) is 5.75 Å². The van der Waals surface area contributed by atoms with E-state index in [9.17, 15) is 9.59 Å². The van der Waals surface area contributed by atoms with Crippen molar-refractivity contribution >= 4 is 45.3 Å². The Morgan fingerprint density at radius 3 is 2.56 bits per heavy atom. The summed E-state index contributed by atoms with van der Waals surface area (Å²) >= 11 is 2.90. The molecule has 0 saturated heterocycles. The maximum atomic E-state index is 12.3. The first-order valence-electron chi connectivity index (χ1n) is 7.59. The van der Waals surface area contributed by atoms with Gasteiger partial charge >= 0.3 is 11.9 Å². The van der Waals surface area contributed by atoms with Crippen molar-refractivity contribution in [3.63, 3.8) is 0 Å². The van der Waals surface area contributed by atoms with Crippen molar-refractivity contribution in [3.05, 3.63) is 54.6 Å². The lowest BCUT2D eigenvalue weighted by atomic mass is 10.1. The second-order valence-corrected chi connectivity index (χ2v) is 7.59. The van der Waals surface area contributed by atoms with Crippen LogP contribution in [0.15, 0.2) is 58.9 Å². The van der Waals surface area contributed by atoms with Crippen LogP contribution >= 0.6 is 23.1 Å². The lowest BCUT2D eigenvalue weighted by Gasteiger charge is -2.13. The first-order valence-corrected chi connectivity index (χ1v) is 9.39. The van der Waals surface area contributed by atoms with Crippen LogP contribution in [0.3, 0.4) is 0 Å². The second-order valence-electron chi connectivity index (χ2n) is 5.29. The molecule has 0 aliphatic carbocycles. The van der Waals surface area contributed by atoms with Crippen molar-refractivity contribution in [2.45, 2.75) is 10.8 Å². The van der Waals surface area contributed by atoms with Crippen molar-refractivity contribution in [1.82, 2.24) is 4.98 Å². The van der Waals surface area contributed by atoms with Crippen LogP contribution in [0.25, 0.3) is 10.2 Å². The predicted octanol–water partition coefficient (Wildman–Crippen LogP) is 4.08. The van der Waals surface area contributed by atoms with Gasteiger partial charge in [-0.25, -0.2) is 4.98 Å². The van der Waals surface area contributed by atoms with Crippen LogP contribution in [0.1, 0.15) is 6.42 Å². The molecule has 1 aromatic heterocycles. The zero-order chi connectivity index (χ0) is 17.6. The second kappa shape index (κ2) is 8.13. The minimum absolute atomic E-state index is 0.274. The predicted molar refractivity (Wildman–Crippen MR) is 98.2 cm³/mol. The average molecular weight is 373 g/mol. The van der Waals surface area contributed by atoms with Gasteiger partial charge in [-0.2, -0.15) is 0 Å². The number of fused-ring (bicyclic) bond motifs is 1. The highest BCUT2D eigenvalue weighted by molar-refractivity contribution is 8.01. The number of thioether (sulfide) groups is 1. The topological polar surface area (TPSA) is 76.5 Å². The molecule has 1 unspecified atom stereocenters. The molecule has 128 valence electrons. The summed E-state index contributed by atoms with van der Waals surface area (Å²) < 4.78 is 7.16. The summed E-state index contributed by atoms with van der Waals surface area (Å²) in [7, 11) is 0. The molecule has 3 aromatic rings. The van der Waals surface area contributed by atoms with Crippen LogP contribution in [0.2, 0.25) is 0 Å². The molecule has 0 aliphatic heterocycles. The zero-order valence-electron chi connectivity index (χ0n) is 13.1. The number of aliphatic carboxylic acids is 1. The number of benzene rings is 2. The van der Waals surface area contributed by atoms with Crippen LogP contribution in [0.5, 0.6) is 5.75 Å². The van der Waals surface area contributed by atoms with Crippen molar-refractivity contribution in [3.8, 4) is 5.75 Å². The van der Waals surface area contributed by atoms with E-state index >= 15 is 0 Å². The van der Waals surface area contributed by atoms with Gasteiger partial charge in [0, 0.05) is 5.75 Å². The first-order chi connectivity index (χ1) is 12.1. The maximum Gasteiger partial charge on any atom is 0.315 e. The molecule has 0 amide bonds. The standard InChI is InChI=1S/C18H15NO4S2/c20-16(21)10-12(17(22)23-13-6-2-1-3-7-13)11-24-18-19-14-8-4-5-9-15(14)25-18/h1-9,12H,10-11H2,(H,20,21). The van der Waals surface area contributed by atoms with Gasteiger partial charge in [-0.3, -0.25) is 9.59 Å². The average Bonchev–Trinajstić information content (AvgIpc) is 3.02. The van der Waals surface area contributed by atoms with Gasteiger partial charge in [0.2, 0.25) is 0 Å². The Morgan fingerprint density at radius 2 is 1.84 bits per heavy atom. The van der Waals surface area contributed by atoms with Crippen molar-refractivity contribution in [1.29, 1.82) is 0 Å². The molecule has 2 aromatic carbocycles. The fourth-order valence-electron chi connectivity index (χ4n) is 2.19. The van der Waals surface area contributed by atoms with Gasteiger partial charge in [-0.05, 0) is 24.3 Å². The van der Waals surface area contributed by atoms with E-state index in [2.05, 4.69) is 4.98 Å². The molecular weight excluding hydrogens is 358 g/mol. The molecule has 0 fully saturated rings. The third-order valence-corrected chi connectivity index (χ3v) is 5.74. The SMILES string of the molecule is O=C(O)CC(CSc1nc2ccccc2s1)C(=O)Oc1ccccc1. The normalized spacial score (nSPS) is 12.0. The molecule has 3 rings (SSSR count). The Kier molecular flexibility index (Phi) is 5.67. The summed E-state index contributed by atoms with van der Waals surface area (Å²) in [4.78, 5) is 27.9. The van der Waals surface area contributed by atoms with Crippen LogP contribution in [-0.4, -0.2) is 27.8 Å². The van der Waals surface area contributed by atoms with Gasteiger partial charge in [0.05, 0.1) is 22.6 Å². The van der Waals surface area contributed by atoms with E-state index in [1.165, 1.54) is 23.1 Å². The minimum Gasteiger partial charge on any atom is -0.481 e. The van der Waals surface area contributed by atoms with E-state index in [4.69, 9.17) is 9.84 Å². The van der Waals surface area contributed by atoms with Crippen LogP contribution in [0.4, 0.5) is 0 Å². The number of ether oxygens (including phenoxy) is 1. The van der Waals surface area contributed by atoms with Crippen molar-refractivity contribution < 1.29 is 19.4 Å². The summed E-state index contributed by atoms with van der Waals surface area (Å²) in [6.07, 6.45) is -0.274. The Hall–Kier alpha value is -2.38. The fraction of sp³-hybridized carbons (Fsp3) is 0.167. The third kappa shape index (κ3) is 4.80. The molecular formula is C18H15NO4S2. The molecule has 0 bridgehead atoms. The van der Waals surface area contributed by atoms with Gasteiger partial charge in [0.25, 0.3) is 0 Å². The van der Waals surface area contributed by atoms with Crippen LogP contribution < -0.4 is 4.74 Å². The quantitative estimate of drug-likeness (QED) is 0.382. The lowest BCUT2D eigenvalue weighted by molar-refractivity contribution is -0.145. The van der Waals surface area contributed by atoms with E-state index in [1.54, 1.807) is 24.3 Å². The van der Waals surface area contributed by atoms with Gasteiger partial charge in [0.15, 0.2) is 4.34 Å². The summed E-state index contributed by atoms with van der Waals surface area (Å²) in [5.74, 6) is -1.60. The van der Waals surface area contributed by atoms with E-state index in [1.807, 2.05) is 30.3 Å². The molecule has 25 heavy (non-hydrogen) atoms. The molecule has 0 saturated carbocycles. The molecule has 5 nitrogen and oxygen atoms in total. The van der Waals surface area contributed by atoms with Crippen molar-refractivity contribution in [2.24, 2.45) is 5.92 Å².